The molecule has 3 heteroatoms. The zero-order chi connectivity index (χ0) is 8.97. The van der Waals surface area contributed by atoms with Gasteiger partial charge in [0.15, 0.2) is 0 Å². The van der Waals surface area contributed by atoms with Crippen molar-refractivity contribution in [2.75, 3.05) is 7.11 Å². The number of nitrogens with zero attached hydrogens (tertiary/aromatic N) is 1. The minimum Gasteiger partial charge on any atom is -0.497 e. The van der Waals surface area contributed by atoms with Crippen LogP contribution in [0.2, 0.25) is 0 Å². The second-order valence-electron chi connectivity index (χ2n) is 2.27. The molecule has 0 bridgehead atoms. The van der Waals surface area contributed by atoms with Crippen LogP contribution >= 0.6 is 0 Å². The summed E-state index contributed by atoms with van der Waals surface area (Å²) in [5.41, 5.74) is 0.948. The van der Waals surface area contributed by atoms with E-state index in [1.165, 1.54) is 0 Å². The van der Waals surface area contributed by atoms with Gasteiger partial charge in [-0.05, 0) is 29.4 Å². The molecular weight excluding hydrogens is 154 g/mol. The number of nitroso groups, excluding NO2 is 1. The van der Waals surface area contributed by atoms with Gasteiger partial charge >= 0.3 is 0 Å². The van der Waals surface area contributed by atoms with Crippen LogP contribution in [-0.2, 0) is 0 Å². The van der Waals surface area contributed by atoms with Crippen molar-refractivity contribution < 1.29 is 4.74 Å². The van der Waals surface area contributed by atoms with Gasteiger partial charge < -0.3 is 4.74 Å². The normalized spacial score (nSPS) is 9.08. The molecule has 0 aromatic heterocycles. The fraction of sp³-hybridized carbons (Fsp3) is 0.111. The number of hydrogen-bond acceptors (Lipinski definition) is 3. The van der Waals surface area contributed by atoms with Gasteiger partial charge in [-0.1, -0.05) is 6.58 Å². The van der Waals surface area contributed by atoms with Gasteiger partial charge in [-0.25, -0.2) is 0 Å². The zero-order valence-corrected chi connectivity index (χ0v) is 6.78. The molecule has 1 aromatic rings. The molecule has 0 spiro atoms. The molecule has 0 radical (unpaired) electrons. The number of rotatable bonds is 3. The SMILES string of the molecule is C=C(N=O)c1ccc(OC)cc1. The molecule has 0 heterocycles. The van der Waals surface area contributed by atoms with Crippen molar-refractivity contribution in [3.05, 3.63) is 41.3 Å². The van der Waals surface area contributed by atoms with E-state index in [0.29, 0.717) is 5.56 Å². The fourth-order valence-corrected chi connectivity index (χ4v) is 0.836. The highest BCUT2D eigenvalue weighted by Crippen LogP contribution is 2.17. The summed E-state index contributed by atoms with van der Waals surface area (Å²) in [7, 11) is 1.59. The lowest BCUT2D eigenvalue weighted by Gasteiger charge is -1.99. The lowest BCUT2D eigenvalue weighted by molar-refractivity contribution is 0.415. The van der Waals surface area contributed by atoms with Crippen LogP contribution in [0.25, 0.3) is 5.70 Å². The maximum atomic E-state index is 10.1. The van der Waals surface area contributed by atoms with Crippen molar-refractivity contribution in [1.82, 2.24) is 0 Å². The summed E-state index contributed by atoms with van der Waals surface area (Å²) in [5, 5.41) is 2.73. The zero-order valence-electron chi connectivity index (χ0n) is 6.78. The van der Waals surface area contributed by atoms with Crippen molar-refractivity contribution in [2.45, 2.75) is 0 Å². The maximum Gasteiger partial charge on any atom is 0.118 e. The molecule has 0 saturated carbocycles. The minimum atomic E-state index is 0.234. The van der Waals surface area contributed by atoms with Crippen LogP contribution in [0.15, 0.2) is 36.0 Å². The molecule has 0 fully saturated rings. The number of methoxy groups -OCH3 is 1. The Hall–Kier alpha value is -1.64. The Bertz CT molecular complexity index is 290. The van der Waals surface area contributed by atoms with E-state index < -0.39 is 0 Å². The highest BCUT2D eigenvalue weighted by atomic mass is 16.5. The smallest absolute Gasteiger partial charge is 0.118 e. The van der Waals surface area contributed by atoms with Gasteiger partial charge in [-0.3, -0.25) is 0 Å². The first-order valence-corrected chi connectivity index (χ1v) is 3.44. The van der Waals surface area contributed by atoms with Gasteiger partial charge in [0.05, 0.1) is 7.11 Å². The fourth-order valence-electron chi connectivity index (χ4n) is 0.836. The van der Waals surface area contributed by atoms with E-state index in [-0.39, 0.29) is 5.70 Å². The molecule has 62 valence electrons. The van der Waals surface area contributed by atoms with Gasteiger partial charge in [0.25, 0.3) is 0 Å². The van der Waals surface area contributed by atoms with E-state index in [0.717, 1.165) is 5.75 Å². The molecule has 1 rings (SSSR count). The molecule has 3 nitrogen and oxygen atoms in total. The Morgan fingerprint density at radius 1 is 1.42 bits per heavy atom. The highest BCUT2D eigenvalue weighted by molar-refractivity contribution is 5.62. The number of hydrogen-bond donors (Lipinski definition) is 0. The van der Waals surface area contributed by atoms with Crippen LogP contribution in [0.1, 0.15) is 5.56 Å². The predicted octanol–water partition coefficient (Wildman–Crippen LogP) is 2.43. The van der Waals surface area contributed by atoms with Crippen molar-refractivity contribution in [2.24, 2.45) is 5.18 Å². The maximum absolute atomic E-state index is 10.1. The van der Waals surface area contributed by atoms with Gasteiger partial charge in [0, 0.05) is 5.56 Å². The third-order valence-corrected chi connectivity index (χ3v) is 1.53. The molecule has 0 unspecified atom stereocenters. The lowest BCUT2D eigenvalue weighted by atomic mass is 10.2. The van der Waals surface area contributed by atoms with Crippen LogP contribution in [-0.4, -0.2) is 7.11 Å². The average Bonchev–Trinajstić information content (AvgIpc) is 2.17. The molecule has 0 saturated heterocycles. The summed E-state index contributed by atoms with van der Waals surface area (Å²) in [6.07, 6.45) is 0. The van der Waals surface area contributed by atoms with Gasteiger partial charge in [0.2, 0.25) is 0 Å². The summed E-state index contributed by atoms with van der Waals surface area (Å²) in [6.45, 7) is 3.48. The van der Waals surface area contributed by atoms with Crippen molar-refractivity contribution in [1.29, 1.82) is 0 Å². The first kappa shape index (κ1) is 8.46. The van der Waals surface area contributed by atoms with Gasteiger partial charge in [-0.2, -0.15) is 0 Å². The quantitative estimate of drug-likeness (QED) is 0.642. The van der Waals surface area contributed by atoms with E-state index in [2.05, 4.69) is 11.8 Å². The molecule has 0 atom stereocenters. The van der Waals surface area contributed by atoms with Crippen LogP contribution in [0, 0.1) is 4.91 Å². The second kappa shape index (κ2) is 3.67. The first-order chi connectivity index (χ1) is 5.77. The van der Waals surface area contributed by atoms with Gasteiger partial charge in [-0.15, -0.1) is 4.91 Å². The average molecular weight is 163 g/mol. The molecule has 0 aliphatic rings. The third kappa shape index (κ3) is 1.69. The molecule has 12 heavy (non-hydrogen) atoms. The largest absolute Gasteiger partial charge is 0.497 e. The standard InChI is InChI=1S/C9H9NO2/c1-7(10-11)8-3-5-9(12-2)6-4-8/h3-6H,1H2,2H3. The summed E-state index contributed by atoms with van der Waals surface area (Å²) in [4.78, 5) is 10.1. The minimum absolute atomic E-state index is 0.234. The number of benzene rings is 1. The Morgan fingerprint density at radius 2 is 2.00 bits per heavy atom. The molecule has 1 aromatic carbocycles. The van der Waals surface area contributed by atoms with Crippen LogP contribution in [0.4, 0.5) is 0 Å². The summed E-state index contributed by atoms with van der Waals surface area (Å²) in [6, 6.07) is 6.99. The number of ether oxygens (including phenoxy) is 1. The Balaban J connectivity index is 2.91. The van der Waals surface area contributed by atoms with E-state index >= 15 is 0 Å². The summed E-state index contributed by atoms with van der Waals surface area (Å²) in [5.74, 6) is 0.748. The van der Waals surface area contributed by atoms with E-state index in [1.807, 2.05) is 0 Å². The Morgan fingerprint density at radius 3 is 2.42 bits per heavy atom. The van der Waals surface area contributed by atoms with Crippen molar-refractivity contribution >= 4 is 5.70 Å². The molecule has 0 aliphatic heterocycles. The molecular formula is C9H9NO2. The first-order valence-electron chi connectivity index (χ1n) is 3.44. The summed E-state index contributed by atoms with van der Waals surface area (Å²) < 4.78 is 4.94. The van der Waals surface area contributed by atoms with E-state index in [9.17, 15) is 4.91 Å². The Labute approximate surface area is 70.6 Å². The van der Waals surface area contributed by atoms with E-state index in [4.69, 9.17) is 4.74 Å². The summed E-state index contributed by atoms with van der Waals surface area (Å²) >= 11 is 0. The van der Waals surface area contributed by atoms with Gasteiger partial charge in [0.1, 0.15) is 11.4 Å². The van der Waals surface area contributed by atoms with Crippen LogP contribution in [0.5, 0.6) is 5.75 Å². The predicted molar refractivity (Wildman–Crippen MR) is 47.8 cm³/mol. The molecule has 0 aliphatic carbocycles. The third-order valence-electron chi connectivity index (χ3n) is 1.53. The second-order valence-corrected chi connectivity index (χ2v) is 2.27. The van der Waals surface area contributed by atoms with Crippen molar-refractivity contribution in [3.63, 3.8) is 0 Å². The van der Waals surface area contributed by atoms with Crippen LogP contribution < -0.4 is 4.74 Å². The monoisotopic (exact) mass is 163 g/mol. The van der Waals surface area contributed by atoms with Crippen LogP contribution in [0.3, 0.4) is 0 Å². The van der Waals surface area contributed by atoms with Crippen molar-refractivity contribution in [3.8, 4) is 5.75 Å². The Kier molecular flexibility index (Phi) is 2.58. The molecule has 0 N–H and O–H groups in total. The lowest BCUT2D eigenvalue weighted by Crippen LogP contribution is -1.83. The highest BCUT2D eigenvalue weighted by Gasteiger charge is 1.97. The topological polar surface area (TPSA) is 38.7 Å². The molecule has 0 amide bonds. The van der Waals surface area contributed by atoms with E-state index in [1.54, 1.807) is 31.4 Å².